The maximum atomic E-state index is 5.82. The molecule has 0 fully saturated rings. The van der Waals surface area contributed by atoms with Gasteiger partial charge in [0.1, 0.15) is 11.6 Å². The fourth-order valence-electron chi connectivity index (χ4n) is 2.23. The summed E-state index contributed by atoms with van der Waals surface area (Å²) in [6, 6.07) is 7.89. The molecule has 4 heteroatoms. The molecule has 1 aromatic rings. The molecule has 82 valence electrons. The molecule has 16 heavy (non-hydrogen) atoms. The normalized spacial score (nSPS) is 27.1. The first-order valence-corrected chi connectivity index (χ1v) is 5.36. The minimum absolute atomic E-state index is 0.525. The topological polar surface area (TPSA) is 60.0 Å². The molecule has 2 aliphatic rings. The van der Waals surface area contributed by atoms with Crippen LogP contribution >= 0.6 is 0 Å². The number of para-hydroxylation sites is 1. The molecule has 0 bridgehead atoms. The van der Waals surface area contributed by atoms with E-state index in [-0.39, 0.29) is 0 Å². The predicted octanol–water partition coefficient (Wildman–Crippen LogP) is 1.45. The molecule has 0 aromatic heterocycles. The molecule has 2 heterocycles. The summed E-state index contributed by atoms with van der Waals surface area (Å²) in [4.78, 5) is 9.12. The maximum Gasteiger partial charge on any atom is 0.185 e. The summed E-state index contributed by atoms with van der Waals surface area (Å²) in [5.41, 5.74) is 7.13. The van der Waals surface area contributed by atoms with Gasteiger partial charge in [0.05, 0.1) is 12.3 Å². The van der Waals surface area contributed by atoms with Crippen LogP contribution in [-0.4, -0.2) is 18.2 Å². The predicted molar refractivity (Wildman–Crippen MR) is 63.0 cm³/mol. The van der Waals surface area contributed by atoms with Crippen LogP contribution in [0.25, 0.3) is 0 Å². The summed E-state index contributed by atoms with van der Waals surface area (Å²) in [7, 11) is 0. The Hall–Kier alpha value is -1.84. The van der Waals surface area contributed by atoms with E-state index in [1.54, 1.807) is 0 Å². The zero-order chi connectivity index (χ0) is 11.2. The Bertz CT molecular complexity index is 487. The number of amidine groups is 1. The van der Waals surface area contributed by atoms with Gasteiger partial charge in [-0.05, 0) is 13.0 Å². The van der Waals surface area contributed by atoms with Gasteiger partial charge in [0, 0.05) is 12.0 Å². The number of fused-ring (bicyclic) bond motifs is 2. The highest BCUT2D eigenvalue weighted by atomic mass is 16.5. The number of rotatable bonds is 0. The Morgan fingerprint density at radius 3 is 2.88 bits per heavy atom. The van der Waals surface area contributed by atoms with E-state index in [0.717, 1.165) is 23.4 Å². The van der Waals surface area contributed by atoms with Crippen LogP contribution in [0.3, 0.4) is 0 Å². The quantitative estimate of drug-likeness (QED) is 0.712. The zero-order valence-corrected chi connectivity index (χ0v) is 9.10. The third kappa shape index (κ3) is 1.16. The van der Waals surface area contributed by atoms with Crippen LogP contribution in [0.4, 0.5) is 0 Å². The SMILES string of the molecule is CC1=NC2(CCOc3ccccc32)N=C1N. The van der Waals surface area contributed by atoms with Crippen LogP contribution in [0, 0.1) is 0 Å². The van der Waals surface area contributed by atoms with Crippen molar-refractivity contribution < 1.29 is 4.74 Å². The van der Waals surface area contributed by atoms with Gasteiger partial charge in [-0.25, -0.2) is 4.99 Å². The van der Waals surface area contributed by atoms with Crippen molar-refractivity contribution in [2.24, 2.45) is 15.7 Å². The Kier molecular flexibility index (Phi) is 1.80. The van der Waals surface area contributed by atoms with Gasteiger partial charge in [-0.1, -0.05) is 18.2 Å². The first kappa shape index (κ1) is 9.39. The van der Waals surface area contributed by atoms with Crippen molar-refractivity contribution in [3.05, 3.63) is 29.8 Å². The highest BCUT2D eigenvalue weighted by Crippen LogP contribution is 2.42. The number of nitrogens with zero attached hydrogens (tertiary/aromatic N) is 2. The van der Waals surface area contributed by atoms with Crippen LogP contribution in [-0.2, 0) is 5.66 Å². The third-order valence-corrected chi connectivity index (χ3v) is 3.06. The highest BCUT2D eigenvalue weighted by molar-refractivity contribution is 6.41. The Balaban J connectivity index is 2.20. The number of nitrogens with two attached hydrogens (primary N) is 1. The van der Waals surface area contributed by atoms with E-state index in [1.807, 2.05) is 31.2 Å². The summed E-state index contributed by atoms with van der Waals surface area (Å²) in [6.07, 6.45) is 0.752. The van der Waals surface area contributed by atoms with Crippen molar-refractivity contribution in [3.63, 3.8) is 0 Å². The molecule has 1 spiro atoms. The van der Waals surface area contributed by atoms with Crippen molar-refractivity contribution in [2.45, 2.75) is 19.0 Å². The Morgan fingerprint density at radius 1 is 1.31 bits per heavy atom. The van der Waals surface area contributed by atoms with E-state index in [0.29, 0.717) is 12.4 Å². The average Bonchev–Trinajstić information content (AvgIpc) is 2.56. The molecule has 1 unspecified atom stereocenters. The fourth-order valence-corrected chi connectivity index (χ4v) is 2.23. The standard InChI is InChI=1S/C12H13N3O/c1-8-11(13)15-12(14-8)6-7-16-10-5-3-2-4-9(10)12/h2-5H,6-7H2,1H3,(H2,13,15). The van der Waals surface area contributed by atoms with Gasteiger partial charge >= 0.3 is 0 Å². The second-order valence-corrected chi connectivity index (χ2v) is 4.11. The number of ether oxygens (including phenoxy) is 1. The summed E-state index contributed by atoms with van der Waals surface area (Å²) in [6.45, 7) is 2.52. The van der Waals surface area contributed by atoms with E-state index >= 15 is 0 Å². The van der Waals surface area contributed by atoms with Crippen LogP contribution in [0.1, 0.15) is 18.9 Å². The molecule has 0 saturated heterocycles. The molecule has 3 rings (SSSR count). The van der Waals surface area contributed by atoms with Crippen LogP contribution in [0.2, 0.25) is 0 Å². The summed E-state index contributed by atoms with van der Waals surface area (Å²) >= 11 is 0. The van der Waals surface area contributed by atoms with E-state index < -0.39 is 5.66 Å². The zero-order valence-electron chi connectivity index (χ0n) is 9.10. The van der Waals surface area contributed by atoms with Crippen LogP contribution in [0.5, 0.6) is 5.75 Å². The van der Waals surface area contributed by atoms with Gasteiger partial charge in [-0.15, -0.1) is 0 Å². The fraction of sp³-hybridized carbons (Fsp3) is 0.333. The molecule has 1 atom stereocenters. The Labute approximate surface area is 93.9 Å². The van der Waals surface area contributed by atoms with Gasteiger partial charge in [0.2, 0.25) is 0 Å². The lowest BCUT2D eigenvalue weighted by atomic mass is 9.94. The van der Waals surface area contributed by atoms with Gasteiger partial charge in [-0.2, -0.15) is 0 Å². The molecule has 2 N–H and O–H groups in total. The lowest BCUT2D eigenvalue weighted by molar-refractivity contribution is 0.225. The largest absolute Gasteiger partial charge is 0.493 e. The second-order valence-electron chi connectivity index (χ2n) is 4.11. The molecule has 0 radical (unpaired) electrons. The second kappa shape index (κ2) is 3.07. The minimum atomic E-state index is -0.525. The maximum absolute atomic E-state index is 5.82. The lowest BCUT2D eigenvalue weighted by Crippen LogP contribution is -2.28. The van der Waals surface area contributed by atoms with Crippen molar-refractivity contribution in [1.82, 2.24) is 0 Å². The Morgan fingerprint density at radius 2 is 2.12 bits per heavy atom. The molecule has 4 nitrogen and oxygen atoms in total. The van der Waals surface area contributed by atoms with E-state index in [4.69, 9.17) is 10.5 Å². The molecular formula is C12H13N3O. The van der Waals surface area contributed by atoms with Crippen molar-refractivity contribution in [1.29, 1.82) is 0 Å². The van der Waals surface area contributed by atoms with Crippen molar-refractivity contribution in [2.75, 3.05) is 6.61 Å². The third-order valence-electron chi connectivity index (χ3n) is 3.06. The van der Waals surface area contributed by atoms with E-state index in [2.05, 4.69) is 9.98 Å². The first-order valence-electron chi connectivity index (χ1n) is 5.36. The average molecular weight is 215 g/mol. The number of hydrogen-bond acceptors (Lipinski definition) is 4. The van der Waals surface area contributed by atoms with Crippen LogP contribution < -0.4 is 10.5 Å². The van der Waals surface area contributed by atoms with Crippen molar-refractivity contribution >= 4 is 11.5 Å². The molecule has 1 aromatic carbocycles. The monoisotopic (exact) mass is 215 g/mol. The van der Waals surface area contributed by atoms with Gasteiger partial charge in [-0.3, -0.25) is 4.99 Å². The molecule has 0 amide bonds. The number of hydrogen-bond donors (Lipinski definition) is 1. The summed E-state index contributed by atoms with van der Waals surface area (Å²) < 4.78 is 5.60. The molecule has 0 saturated carbocycles. The van der Waals surface area contributed by atoms with E-state index in [1.165, 1.54) is 0 Å². The van der Waals surface area contributed by atoms with Gasteiger partial charge in [0.25, 0.3) is 0 Å². The van der Waals surface area contributed by atoms with Gasteiger partial charge in [0.15, 0.2) is 5.66 Å². The van der Waals surface area contributed by atoms with E-state index in [9.17, 15) is 0 Å². The molecular weight excluding hydrogens is 202 g/mol. The molecule has 0 aliphatic carbocycles. The van der Waals surface area contributed by atoms with Crippen molar-refractivity contribution in [3.8, 4) is 5.75 Å². The summed E-state index contributed by atoms with van der Waals surface area (Å²) in [5.74, 6) is 1.40. The summed E-state index contributed by atoms with van der Waals surface area (Å²) in [5, 5.41) is 0. The minimum Gasteiger partial charge on any atom is -0.493 e. The first-order chi connectivity index (χ1) is 7.71. The van der Waals surface area contributed by atoms with Gasteiger partial charge < -0.3 is 10.5 Å². The molecule has 2 aliphatic heterocycles. The number of benzene rings is 1. The number of aliphatic imine (C=N–C) groups is 2. The highest BCUT2D eigenvalue weighted by Gasteiger charge is 2.40. The lowest BCUT2D eigenvalue weighted by Gasteiger charge is -2.30. The van der Waals surface area contributed by atoms with Crippen LogP contribution in [0.15, 0.2) is 34.3 Å². The smallest absolute Gasteiger partial charge is 0.185 e.